The second kappa shape index (κ2) is 5.00. The van der Waals surface area contributed by atoms with E-state index in [1.807, 2.05) is 18.2 Å². The number of halogens is 1. The fourth-order valence-corrected chi connectivity index (χ4v) is 1.90. The Kier molecular flexibility index (Phi) is 4.14. The first-order chi connectivity index (χ1) is 7.36. The smallest absolute Gasteiger partial charge is 0.339 e. The molecule has 1 rings (SSSR count). The maximum Gasteiger partial charge on any atom is 0.339 e. The molecule has 0 N–H and O–H groups in total. The first-order valence-electron chi connectivity index (χ1n) is 5.33. The monoisotopic (exact) mass is 284 g/mol. The number of hydrogen-bond acceptors (Lipinski definition) is 2. The van der Waals surface area contributed by atoms with Crippen LogP contribution in [0.3, 0.4) is 0 Å². The number of esters is 1. The summed E-state index contributed by atoms with van der Waals surface area (Å²) in [6, 6.07) is 5.76. The van der Waals surface area contributed by atoms with E-state index in [0.717, 1.165) is 4.47 Å². The maximum atomic E-state index is 11.6. The summed E-state index contributed by atoms with van der Waals surface area (Å²) in [7, 11) is 0. The summed E-state index contributed by atoms with van der Waals surface area (Å²) in [5.74, 6) is -0.283. The van der Waals surface area contributed by atoms with Gasteiger partial charge in [0.1, 0.15) is 0 Å². The largest absolute Gasteiger partial charge is 0.462 e. The van der Waals surface area contributed by atoms with Gasteiger partial charge in [-0.1, -0.05) is 26.8 Å². The Labute approximate surface area is 105 Å². The van der Waals surface area contributed by atoms with Crippen molar-refractivity contribution in [2.75, 3.05) is 6.61 Å². The third kappa shape index (κ3) is 3.08. The van der Waals surface area contributed by atoms with Gasteiger partial charge in [0, 0.05) is 4.47 Å². The molecular formula is C13H17BrO2. The molecular weight excluding hydrogens is 268 g/mol. The van der Waals surface area contributed by atoms with Gasteiger partial charge in [0.15, 0.2) is 0 Å². The van der Waals surface area contributed by atoms with Gasteiger partial charge < -0.3 is 4.74 Å². The molecule has 0 aromatic heterocycles. The van der Waals surface area contributed by atoms with Crippen LogP contribution in [-0.4, -0.2) is 12.6 Å². The highest BCUT2D eigenvalue weighted by atomic mass is 79.9. The zero-order valence-corrected chi connectivity index (χ0v) is 11.7. The Balaban J connectivity index is 3.05. The van der Waals surface area contributed by atoms with E-state index in [0.29, 0.717) is 12.2 Å². The molecule has 0 spiro atoms. The summed E-state index contributed by atoms with van der Waals surface area (Å²) in [6.07, 6.45) is 0. The molecule has 0 saturated heterocycles. The molecule has 16 heavy (non-hydrogen) atoms. The van der Waals surface area contributed by atoms with Gasteiger partial charge in [-0.2, -0.15) is 0 Å². The third-order valence-electron chi connectivity index (χ3n) is 2.33. The first kappa shape index (κ1) is 13.2. The molecule has 0 aliphatic carbocycles. The Hall–Kier alpha value is -0.830. The molecule has 0 heterocycles. The molecule has 0 aliphatic heterocycles. The van der Waals surface area contributed by atoms with Crippen molar-refractivity contribution in [3.63, 3.8) is 0 Å². The topological polar surface area (TPSA) is 26.3 Å². The van der Waals surface area contributed by atoms with E-state index >= 15 is 0 Å². The summed E-state index contributed by atoms with van der Waals surface area (Å²) in [5.41, 5.74) is 1.85. The second-order valence-electron chi connectivity index (χ2n) is 4.67. The molecule has 0 saturated carbocycles. The minimum Gasteiger partial charge on any atom is -0.462 e. The number of rotatable bonds is 2. The van der Waals surface area contributed by atoms with Crippen LogP contribution in [0.4, 0.5) is 0 Å². The molecule has 88 valence electrons. The van der Waals surface area contributed by atoms with Crippen LogP contribution in [0.15, 0.2) is 22.7 Å². The summed E-state index contributed by atoms with van der Waals surface area (Å²) >= 11 is 3.41. The van der Waals surface area contributed by atoms with Crippen molar-refractivity contribution in [1.29, 1.82) is 0 Å². The molecule has 1 aromatic carbocycles. The molecule has 3 heteroatoms. The molecule has 0 amide bonds. The van der Waals surface area contributed by atoms with Crippen LogP contribution in [0, 0.1) is 0 Å². The van der Waals surface area contributed by atoms with Crippen LogP contribution < -0.4 is 0 Å². The van der Waals surface area contributed by atoms with Crippen molar-refractivity contribution < 1.29 is 9.53 Å². The minimum atomic E-state index is -0.283. The van der Waals surface area contributed by atoms with Gasteiger partial charge in [0.2, 0.25) is 0 Å². The molecule has 0 radical (unpaired) electrons. The highest BCUT2D eigenvalue weighted by Crippen LogP contribution is 2.27. The molecule has 0 fully saturated rings. The van der Waals surface area contributed by atoms with Gasteiger partial charge in [-0.3, -0.25) is 0 Å². The lowest BCUT2D eigenvalue weighted by Gasteiger charge is -2.19. The first-order valence-corrected chi connectivity index (χ1v) is 6.12. The van der Waals surface area contributed by atoms with Crippen LogP contribution in [0.2, 0.25) is 0 Å². The summed E-state index contributed by atoms with van der Waals surface area (Å²) in [4.78, 5) is 11.6. The zero-order chi connectivity index (χ0) is 12.3. The van der Waals surface area contributed by atoms with Crippen LogP contribution in [0.5, 0.6) is 0 Å². The number of ether oxygens (including phenoxy) is 1. The highest BCUT2D eigenvalue weighted by molar-refractivity contribution is 9.10. The van der Waals surface area contributed by atoms with Crippen molar-refractivity contribution in [3.8, 4) is 0 Å². The summed E-state index contributed by atoms with van der Waals surface area (Å²) in [6.45, 7) is 8.61. The molecule has 0 aliphatic rings. The van der Waals surface area contributed by atoms with Gasteiger partial charge >= 0.3 is 5.97 Å². The Morgan fingerprint density at radius 2 is 2.00 bits per heavy atom. The standard InChI is InChI=1S/C13H17BrO2/c1-5-16-12(15)10-7-6-9(8-11(10)14)13(2,3)4/h6-8H,5H2,1-4H3. The van der Waals surface area contributed by atoms with Gasteiger partial charge in [-0.25, -0.2) is 4.79 Å². The van der Waals surface area contributed by atoms with Gasteiger partial charge in [-0.15, -0.1) is 0 Å². The predicted molar refractivity (Wildman–Crippen MR) is 68.8 cm³/mol. The fraction of sp³-hybridized carbons (Fsp3) is 0.462. The second-order valence-corrected chi connectivity index (χ2v) is 5.52. The zero-order valence-electron chi connectivity index (χ0n) is 10.1. The number of hydrogen-bond donors (Lipinski definition) is 0. The molecule has 0 unspecified atom stereocenters. The lowest BCUT2D eigenvalue weighted by Crippen LogP contribution is -2.12. The van der Waals surface area contributed by atoms with E-state index in [1.54, 1.807) is 6.92 Å². The SMILES string of the molecule is CCOC(=O)c1ccc(C(C)(C)C)cc1Br. The summed E-state index contributed by atoms with van der Waals surface area (Å²) < 4.78 is 5.76. The average molecular weight is 285 g/mol. The number of carbonyl (C=O) groups excluding carboxylic acids is 1. The van der Waals surface area contributed by atoms with E-state index in [9.17, 15) is 4.79 Å². The Morgan fingerprint density at radius 1 is 1.38 bits per heavy atom. The average Bonchev–Trinajstić information content (AvgIpc) is 2.16. The highest BCUT2D eigenvalue weighted by Gasteiger charge is 2.17. The molecule has 0 atom stereocenters. The summed E-state index contributed by atoms with van der Waals surface area (Å²) in [5, 5.41) is 0. The van der Waals surface area contributed by atoms with E-state index in [4.69, 9.17) is 4.74 Å². The van der Waals surface area contributed by atoms with Crippen molar-refractivity contribution >= 4 is 21.9 Å². The number of carbonyl (C=O) groups is 1. The fourth-order valence-electron chi connectivity index (χ4n) is 1.36. The van der Waals surface area contributed by atoms with Crippen molar-refractivity contribution in [3.05, 3.63) is 33.8 Å². The lowest BCUT2D eigenvalue weighted by atomic mass is 9.87. The molecule has 0 bridgehead atoms. The normalized spacial score (nSPS) is 11.3. The van der Waals surface area contributed by atoms with Crippen molar-refractivity contribution in [1.82, 2.24) is 0 Å². The minimum absolute atomic E-state index is 0.0791. The van der Waals surface area contributed by atoms with E-state index in [2.05, 4.69) is 36.7 Å². The van der Waals surface area contributed by atoms with E-state index in [-0.39, 0.29) is 11.4 Å². The third-order valence-corrected chi connectivity index (χ3v) is 2.99. The van der Waals surface area contributed by atoms with E-state index in [1.165, 1.54) is 5.56 Å². The maximum absolute atomic E-state index is 11.6. The lowest BCUT2D eigenvalue weighted by molar-refractivity contribution is 0.0525. The van der Waals surface area contributed by atoms with Crippen molar-refractivity contribution in [2.24, 2.45) is 0 Å². The predicted octanol–water partition coefficient (Wildman–Crippen LogP) is 3.92. The molecule has 2 nitrogen and oxygen atoms in total. The number of benzene rings is 1. The van der Waals surface area contributed by atoms with Crippen molar-refractivity contribution in [2.45, 2.75) is 33.1 Å². The van der Waals surface area contributed by atoms with E-state index < -0.39 is 0 Å². The van der Waals surface area contributed by atoms with Gasteiger partial charge in [0.25, 0.3) is 0 Å². The van der Waals surface area contributed by atoms with Crippen LogP contribution in [0.1, 0.15) is 43.6 Å². The van der Waals surface area contributed by atoms with Gasteiger partial charge in [0.05, 0.1) is 12.2 Å². The Bertz CT molecular complexity index is 391. The van der Waals surface area contributed by atoms with Gasteiger partial charge in [-0.05, 0) is 46.0 Å². The van der Waals surface area contributed by atoms with Crippen LogP contribution in [0.25, 0.3) is 0 Å². The van der Waals surface area contributed by atoms with Crippen LogP contribution in [-0.2, 0) is 10.2 Å². The quantitative estimate of drug-likeness (QED) is 0.770. The molecule has 1 aromatic rings. The Morgan fingerprint density at radius 3 is 2.44 bits per heavy atom. The van der Waals surface area contributed by atoms with Crippen LogP contribution >= 0.6 is 15.9 Å².